The van der Waals surface area contributed by atoms with Crippen LogP contribution in [0.15, 0.2) is 47.4 Å². The summed E-state index contributed by atoms with van der Waals surface area (Å²) in [5, 5.41) is 8.23. The summed E-state index contributed by atoms with van der Waals surface area (Å²) < 4.78 is 1.28. The second-order valence-electron chi connectivity index (χ2n) is 6.30. The van der Waals surface area contributed by atoms with Gasteiger partial charge in [0.1, 0.15) is 6.04 Å². The maximum atomic E-state index is 12.7. The fraction of sp³-hybridized carbons (Fsp3) is 0.263. The van der Waals surface area contributed by atoms with Gasteiger partial charge in [-0.3, -0.25) is 14.6 Å². The highest BCUT2D eigenvalue weighted by molar-refractivity contribution is 6.01. The summed E-state index contributed by atoms with van der Waals surface area (Å²) in [5.41, 5.74) is 3.04. The van der Waals surface area contributed by atoms with Crippen molar-refractivity contribution in [2.75, 3.05) is 5.32 Å². The number of amides is 1. The van der Waals surface area contributed by atoms with Crippen LogP contribution in [-0.4, -0.2) is 20.7 Å². The number of nitrogens with one attached hydrogen (secondary N) is 1. The molecule has 6 heteroatoms. The van der Waals surface area contributed by atoms with Gasteiger partial charge in [-0.2, -0.15) is 5.10 Å². The average Bonchev–Trinajstić information content (AvgIpc) is 3.08. The molecule has 1 aromatic carbocycles. The van der Waals surface area contributed by atoms with Crippen molar-refractivity contribution < 1.29 is 4.79 Å². The van der Waals surface area contributed by atoms with Gasteiger partial charge >= 0.3 is 0 Å². The first kappa shape index (κ1) is 15.5. The Hall–Kier alpha value is -3.02. The number of aromatic nitrogens is 3. The molecule has 0 aliphatic heterocycles. The normalized spacial score (nSPS) is 14.3. The summed E-state index contributed by atoms with van der Waals surface area (Å²) in [4.78, 5) is 29.3. The molecule has 2 aromatic heterocycles. The molecule has 1 N–H and O–H groups in total. The van der Waals surface area contributed by atoms with E-state index in [0.717, 1.165) is 41.4 Å². The van der Waals surface area contributed by atoms with E-state index >= 15 is 0 Å². The van der Waals surface area contributed by atoms with Gasteiger partial charge in [-0.1, -0.05) is 18.2 Å². The number of fused-ring (bicyclic) bond motifs is 2. The maximum absolute atomic E-state index is 12.7. The van der Waals surface area contributed by atoms with Crippen molar-refractivity contribution in [3.05, 3.63) is 64.2 Å². The lowest BCUT2D eigenvalue weighted by atomic mass is 10.2. The number of hydrogen-bond acceptors (Lipinski definition) is 4. The Morgan fingerprint density at radius 2 is 2.08 bits per heavy atom. The number of carbonyl (C=O) groups is 1. The zero-order valence-corrected chi connectivity index (χ0v) is 13.9. The third-order valence-electron chi connectivity index (χ3n) is 4.62. The second kappa shape index (κ2) is 6.12. The van der Waals surface area contributed by atoms with Crippen LogP contribution in [0.2, 0.25) is 0 Å². The van der Waals surface area contributed by atoms with Gasteiger partial charge in [0, 0.05) is 17.6 Å². The molecule has 3 aromatic rings. The van der Waals surface area contributed by atoms with Gasteiger partial charge < -0.3 is 5.32 Å². The smallest absolute Gasteiger partial charge is 0.267 e. The highest BCUT2D eigenvalue weighted by atomic mass is 16.2. The number of para-hydroxylation sites is 1. The first-order chi connectivity index (χ1) is 12.1. The van der Waals surface area contributed by atoms with Crippen molar-refractivity contribution in [1.82, 2.24) is 14.8 Å². The summed E-state index contributed by atoms with van der Waals surface area (Å²) >= 11 is 0. The summed E-state index contributed by atoms with van der Waals surface area (Å²) in [5.74, 6) is -0.286. The molecule has 0 saturated carbocycles. The lowest BCUT2D eigenvalue weighted by Crippen LogP contribution is -2.34. The number of hydrogen-bond donors (Lipinski definition) is 1. The lowest BCUT2D eigenvalue weighted by molar-refractivity contribution is -0.119. The SMILES string of the molecule is CC(C(=O)Nc1cccc2cccnc12)n1nc2c(cc1=O)CCC2. The van der Waals surface area contributed by atoms with Crippen LogP contribution >= 0.6 is 0 Å². The predicted molar refractivity (Wildman–Crippen MR) is 95.6 cm³/mol. The number of anilines is 1. The standard InChI is InChI=1S/C19H18N4O2/c1-12(23-17(24)11-14-6-3-8-15(14)22-23)19(25)21-16-9-2-5-13-7-4-10-20-18(13)16/h2,4-5,7,9-12H,3,6,8H2,1H3,(H,21,25). The molecule has 1 amide bonds. The van der Waals surface area contributed by atoms with Crippen LogP contribution in [0.4, 0.5) is 5.69 Å². The number of aryl methyl sites for hydroxylation is 2. The summed E-state index contributed by atoms with van der Waals surface area (Å²) in [6, 6.07) is 10.3. The van der Waals surface area contributed by atoms with Crippen molar-refractivity contribution in [1.29, 1.82) is 0 Å². The van der Waals surface area contributed by atoms with Crippen molar-refractivity contribution in [2.45, 2.75) is 32.2 Å². The van der Waals surface area contributed by atoms with Gasteiger partial charge in [-0.05, 0) is 43.9 Å². The summed E-state index contributed by atoms with van der Waals surface area (Å²) in [6.45, 7) is 1.68. The van der Waals surface area contributed by atoms with E-state index in [1.807, 2.05) is 24.3 Å². The van der Waals surface area contributed by atoms with Gasteiger partial charge in [0.05, 0.1) is 16.9 Å². The van der Waals surface area contributed by atoms with Crippen LogP contribution < -0.4 is 10.9 Å². The average molecular weight is 334 g/mol. The number of nitrogens with zero attached hydrogens (tertiary/aromatic N) is 3. The van der Waals surface area contributed by atoms with Gasteiger partial charge in [-0.25, -0.2) is 4.68 Å². The predicted octanol–water partition coefficient (Wildman–Crippen LogP) is 2.48. The molecule has 1 unspecified atom stereocenters. The van der Waals surface area contributed by atoms with Crippen LogP contribution in [0, 0.1) is 0 Å². The Labute approximate surface area is 144 Å². The van der Waals surface area contributed by atoms with Crippen molar-refractivity contribution in [3.8, 4) is 0 Å². The van der Waals surface area contributed by atoms with Crippen LogP contribution in [0.1, 0.15) is 30.6 Å². The molecule has 2 heterocycles. The topological polar surface area (TPSA) is 76.9 Å². The van der Waals surface area contributed by atoms with Crippen molar-refractivity contribution in [2.24, 2.45) is 0 Å². The highest BCUT2D eigenvalue weighted by Crippen LogP contribution is 2.22. The molecule has 1 aliphatic rings. The molecule has 6 nitrogen and oxygen atoms in total. The Balaban J connectivity index is 1.64. The Morgan fingerprint density at radius 3 is 2.96 bits per heavy atom. The zero-order chi connectivity index (χ0) is 17.4. The van der Waals surface area contributed by atoms with Gasteiger partial charge in [-0.15, -0.1) is 0 Å². The third-order valence-corrected chi connectivity index (χ3v) is 4.62. The molecule has 0 radical (unpaired) electrons. The Morgan fingerprint density at radius 1 is 1.24 bits per heavy atom. The third kappa shape index (κ3) is 2.80. The fourth-order valence-corrected chi connectivity index (χ4v) is 3.25. The van der Waals surface area contributed by atoms with Crippen molar-refractivity contribution >= 4 is 22.5 Å². The van der Waals surface area contributed by atoms with E-state index in [1.165, 1.54) is 4.68 Å². The zero-order valence-electron chi connectivity index (χ0n) is 13.9. The van der Waals surface area contributed by atoms with Gasteiger partial charge in [0.25, 0.3) is 5.56 Å². The molecule has 1 aliphatic carbocycles. The largest absolute Gasteiger partial charge is 0.322 e. The molecule has 0 bridgehead atoms. The number of pyridine rings is 1. The molecule has 0 saturated heterocycles. The number of rotatable bonds is 3. The van der Waals surface area contributed by atoms with E-state index in [9.17, 15) is 9.59 Å². The quantitative estimate of drug-likeness (QED) is 0.798. The van der Waals surface area contributed by atoms with Gasteiger partial charge in [0.15, 0.2) is 0 Å². The first-order valence-corrected chi connectivity index (χ1v) is 8.40. The number of carbonyl (C=O) groups excluding carboxylic acids is 1. The molecule has 25 heavy (non-hydrogen) atoms. The summed E-state index contributed by atoms with van der Waals surface area (Å²) in [6.07, 6.45) is 4.44. The molecular weight excluding hydrogens is 316 g/mol. The Kier molecular flexibility index (Phi) is 3.80. The maximum Gasteiger partial charge on any atom is 0.267 e. The van der Waals surface area contributed by atoms with E-state index < -0.39 is 6.04 Å². The van der Waals surface area contributed by atoms with Crippen LogP contribution in [0.3, 0.4) is 0 Å². The molecule has 0 spiro atoms. The Bertz CT molecular complexity index is 1020. The lowest BCUT2D eigenvalue weighted by Gasteiger charge is -2.15. The van der Waals surface area contributed by atoms with Crippen LogP contribution in [0.25, 0.3) is 10.9 Å². The van der Waals surface area contributed by atoms with Crippen LogP contribution in [0.5, 0.6) is 0 Å². The molecule has 0 fully saturated rings. The van der Waals surface area contributed by atoms with E-state index in [0.29, 0.717) is 5.69 Å². The first-order valence-electron chi connectivity index (χ1n) is 8.40. The van der Waals surface area contributed by atoms with E-state index in [1.54, 1.807) is 25.3 Å². The van der Waals surface area contributed by atoms with Crippen LogP contribution in [-0.2, 0) is 17.6 Å². The molecule has 4 rings (SSSR count). The fourth-order valence-electron chi connectivity index (χ4n) is 3.25. The minimum atomic E-state index is -0.697. The minimum absolute atomic E-state index is 0.237. The van der Waals surface area contributed by atoms with Crippen molar-refractivity contribution in [3.63, 3.8) is 0 Å². The van der Waals surface area contributed by atoms with E-state index in [-0.39, 0.29) is 11.5 Å². The van der Waals surface area contributed by atoms with E-state index in [2.05, 4.69) is 15.4 Å². The second-order valence-corrected chi connectivity index (χ2v) is 6.30. The van der Waals surface area contributed by atoms with Gasteiger partial charge in [0.2, 0.25) is 5.91 Å². The highest BCUT2D eigenvalue weighted by Gasteiger charge is 2.22. The minimum Gasteiger partial charge on any atom is -0.322 e. The number of benzene rings is 1. The summed E-state index contributed by atoms with van der Waals surface area (Å²) in [7, 11) is 0. The monoisotopic (exact) mass is 334 g/mol. The molecule has 126 valence electrons. The molecule has 1 atom stereocenters. The van der Waals surface area contributed by atoms with E-state index in [4.69, 9.17) is 0 Å². The molecular formula is C19H18N4O2.